The monoisotopic (exact) mass is 372 g/mol. The highest BCUT2D eigenvalue weighted by molar-refractivity contribution is 7.15. The summed E-state index contributed by atoms with van der Waals surface area (Å²) >= 11 is 1.45. The first-order valence-corrected chi connectivity index (χ1v) is 8.93. The quantitative estimate of drug-likeness (QED) is 0.630. The van der Waals surface area contributed by atoms with Gasteiger partial charge in [0, 0.05) is 11.9 Å². The van der Waals surface area contributed by atoms with E-state index in [0.29, 0.717) is 29.6 Å². The van der Waals surface area contributed by atoms with Crippen LogP contribution < -0.4 is 9.47 Å². The minimum atomic E-state index is -0.130. The fourth-order valence-electron chi connectivity index (χ4n) is 2.36. The number of carbonyl (C=O) groups excluding carboxylic acids is 1. The second-order valence-electron chi connectivity index (χ2n) is 5.65. The van der Waals surface area contributed by atoms with E-state index in [1.165, 1.54) is 11.3 Å². The van der Waals surface area contributed by atoms with Gasteiger partial charge in [-0.3, -0.25) is 4.79 Å². The molecule has 136 valence electrons. The number of carbonyl (C=O) groups is 1. The average Bonchev–Trinajstić information content (AvgIpc) is 3.31. The Bertz CT molecular complexity index is 856. The van der Waals surface area contributed by atoms with Crippen LogP contribution in [0.3, 0.4) is 0 Å². The summed E-state index contributed by atoms with van der Waals surface area (Å²) in [6, 6.07) is 11.0. The van der Waals surface area contributed by atoms with Crippen molar-refractivity contribution in [2.24, 2.45) is 0 Å². The molecule has 26 heavy (non-hydrogen) atoms. The standard InChI is InChI=1S/C19H20N2O4S/c1-13-17(20-18(26-13)16-5-4-11-25-16)19(22)21(2)10-12-24-15-8-6-14(23-3)7-9-15/h4-9,11H,10,12H2,1-3H3. The largest absolute Gasteiger partial charge is 0.497 e. The SMILES string of the molecule is COc1ccc(OCCN(C)C(=O)c2nc(-c3ccco3)sc2C)cc1. The zero-order valence-electron chi connectivity index (χ0n) is 14.9. The van der Waals surface area contributed by atoms with Crippen molar-refractivity contribution in [1.29, 1.82) is 0 Å². The Morgan fingerprint density at radius 2 is 1.96 bits per heavy atom. The Hall–Kier alpha value is -2.80. The minimum absolute atomic E-state index is 0.130. The highest BCUT2D eigenvalue weighted by atomic mass is 32.1. The van der Waals surface area contributed by atoms with Crippen LogP contribution >= 0.6 is 11.3 Å². The predicted molar refractivity (Wildman–Crippen MR) is 100 cm³/mol. The summed E-state index contributed by atoms with van der Waals surface area (Å²) in [4.78, 5) is 19.6. The fraction of sp³-hybridized carbons (Fsp3) is 0.263. The lowest BCUT2D eigenvalue weighted by atomic mass is 10.3. The van der Waals surface area contributed by atoms with Crippen LogP contribution in [0.25, 0.3) is 10.8 Å². The molecule has 0 radical (unpaired) electrons. The van der Waals surface area contributed by atoms with E-state index in [0.717, 1.165) is 16.4 Å². The summed E-state index contributed by atoms with van der Waals surface area (Å²) in [5.74, 6) is 2.05. The van der Waals surface area contributed by atoms with Crippen molar-refractivity contribution < 1.29 is 18.7 Å². The van der Waals surface area contributed by atoms with Crippen LogP contribution in [0.4, 0.5) is 0 Å². The molecule has 0 unspecified atom stereocenters. The van der Waals surface area contributed by atoms with Crippen molar-refractivity contribution in [1.82, 2.24) is 9.88 Å². The number of likely N-dealkylation sites (N-methyl/N-ethyl adjacent to an activating group) is 1. The molecule has 0 aliphatic rings. The van der Waals surface area contributed by atoms with Crippen molar-refractivity contribution in [3.05, 3.63) is 53.2 Å². The zero-order chi connectivity index (χ0) is 18.5. The fourth-order valence-corrected chi connectivity index (χ4v) is 3.23. The molecule has 3 aromatic rings. The van der Waals surface area contributed by atoms with E-state index in [9.17, 15) is 4.79 Å². The van der Waals surface area contributed by atoms with Gasteiger partial charge >= 0.3 is 0 Å². The van der Waals surface area contributed by atoms with Crippen LogP contribution in [0.15, 0.2) is 47.1 Å². The summed E-state index contributed by atoms with van der Waals surface area (Å²) in [7, 11) is 3.36. The lowest BCUT2D eigenvalue weighted by Crippen LogP contribution is -2.31. The predicted octanol–water partition coefficient (Wildman–Crippen LogP) is 3.87. The smallest absolute Gasteiger partial charge is 0.273 e. The molecule has 2 aromatic heterocycles. The van der Waals surface area contributed by atoms with E-state index in [1.807, 2.05) is 37.3 Å². The van der Waals surface area contributed by atoms with Crippen LogP contribution in [0, 0.1) is 6.92 Å². The normalized spacial score (nSPS) is 10.6. The zero-order valence-corrected chi connectivity index (χ0v) is 15.7. The second-order valence-corrected chi connectivity index (χ2v) is 6.86. The maximum Gasteiger partial charge on any atom is 0.273 e. The molecule has 7 heteroatoms. The molecular weight excluding hydrogens is 352 g/mol. The maximum absolute atomic E-state index is 12.6. The third kappa shape index (κ3) is 4.05. The Kier molecular flexibility index (Phi) is 5.58. The molecule has 0 saturated heterocycles. The molecule has 0 atom stereocenters. The first kappa shape index (κ1) is 18.0. The molecule has 6 nitrogen and oxygen atoms in total. The third-order valence-corrected chi connectivity index (χ3v) is 4.82. The van der Waals surface area contributed by atoms with Gasteiger partial charge in [0.15, 0.2) is 10.8 Å². The van der Waals surface area contributed by atoms with Gasteiger partial charge in [0.2, 0.25) is 0 Å². The number of nitrogens with zero attached hydrogens (tertiary/aromatic N) is 2. The van der Waals surface area contributed by atoms with E-state index < -0.39 is 0 Å². The van der Waals surface area contributed by atoms with Gasteiger partial charge in [0.1, 0.15) is 23.8 Å². The number of benzene rings is 1. The van der Waals surface area contributed by atoms with E-state index in [-0.39, 0.29) is 5.91 Å². The molecule has 0 bridgehead atoms. The first-order chi connectivity index (χ1) is 12.6. The van der Waals surface area contributed by atoms with Crippen molar-refractivity contribution in [2.45, 2.75) is 6.92 Å². The van der Waals surface area contributed by atoms with Crippen LogP contribution in [0.2, 0.25) is 0 Å². The first-order valence-electron chi connectivity index (χ1n) is 8.12. The third-order valence-electron chi connectivity index (χ3n) is 3.83. The molecule has 1 amide bonds. The van der Waals surface area contributed by atoms with Gasteiger partial charge in [-0.2, -0.15) is 0 Å². The number of rotatable bonds is 7. The molecule has 0 aliphatic heterocycles. The number of amides is 1. The van der Waals surface area contributed by atoms with E-state index >= 15 is 0 Å². The van der Waals surface area contributed by atoms with Gasteiger partial charge in [0.05, 0.1) is 19.9 Å². The topological polar surface area (TPSA) is 64.8 Å². The number of thiazole rings is 1. The lowest BCUT2D eigenvalue weighted by Gasteiger charge is -2.17. The van der Waals surface area contributed by atoms with Crippen LogP contribution in [-0.2, 0) is 0 Å². The van der Waals surface area contributed by atoms with Crippen LogP contribution in [-0.4, -0.2) is 43.1 Å². The van der Waals surface area contributed by atoms with Gasteiger partial charge < -0.3 is 18.8 Å². The van der Waals surface area contributed by atoms with Crippen molar-refractivity contribution in [2.75, 3.05) is 27.3 Å². The number of hydrogen-bond donors (Lipinski definition) is 0. The summed E-state index contributed by atoms with van der Waals surface area (Å²) in [5, 5.41) is 0.707. The number of aryl methyl sites for hydroxylation is 1. The average molecular weight is 372 g/mol. The highest BCUT2D eigenvalue weighted by Gasteiger charge is 2.20. The summed E-state index contributed by atoms with van der Waals surface area (Å²) in [5.41, 5.74) is 0.452. The van der Waals surface area contributed by atoms with E-state index in [4.69, 9.17) is 13.9 Å². The van der Waals surface area contributed by atoms with Crippen molar-refractivity contribution >= 4 is 17.2 Å². The van der Waals surface area contributed by atoms with Crippen molar-refractivity contribution in [3.63, 3.8) is 0 Å². The molecule has 3 rings (SSSR count). The molecular formula is C19H20N2O4S. The molecule has 1 aromatic carbocycles. The molecule has 2 heterocycles. The molecule has 0 saturated carbocycles. The number of furan rings is 1. The number of ether oxygens (including phenoxy) is 2. The highest BCUT2D eigenvalue weighted by Crippen LogP contribution is 2.28. The van der Waals surface area contributed by atoms with Crippen molar-refractivity contribution in [3.8, 4) is 22.3 Å². The lowest BCUT2D eigenvalue weighted by molar-refractivity contribution is 0.0768. The number of hydrogen-bond acceptors (Lipinski definition) is 6. The van der Waals surface area contributed by atoms with Gasteiger partial charge in [-0.15, -0.1) is 11.3 Å². The van der Waals surface area contributed by atoms with Crippen LogP contribution in [0.5, 0.6) is 11.5 Å². The van der Waals surface area contributed by atoms with Gasteiger partial charge in [-0.1, -0.05) is 0 Å². The minimum Gasteiger partial charge on any atom is -0.497 e. The Labute approximate surface area is 156 Å². The van der Waals surface area contributed by atoms with Gasteiger partial charge in [0.25, 0.3) is 5.91 Å². The number of aromatic nitrogens is 1. The Morgan fingerprint density at radius 3 is 2.62 bits per heavy atom. The number of methoxy groups -OCH3 is 1. The molecule has 0 aliphatic carbocycles. The summed E-state index contributed by atoms with van der Waals surface area (Å²) in [6.07, 6.45) is 1.59. The van der Waals surface area contributed by atoms with Gasteiger partial charge in [-0.25, -0.2) is 4.98 Å². The maximum atomic E-state index is 12.6. The Balaban J connectivity index is 1.57. The molecule has 0 fully saturated rings. The second kappa shape index (κ2) is 8.05. The van der Waals surface area contributed by atoms with E-state index in [1.54, 1.807) is 31.4 Å². The van der Waals surface area contributed by atoms with Crippen LogP contribution in [0.1, 0.15) is 15.4 Å². The summed E-state index contributed by atoms with van der Waals surface area (Å²) in [6.45, 7) is 2.74. The molecule has 0 N–H and O–H groups in total. The molecule has 0 spiro atoms. The van der Waals surface area contributed by atoms with Gasteiger partial charge in [-0.05, 0) is 43.3 Å². The Morgan fingerprint density at radius 1 is 1.23 bits per heavy atom. The van der Waals surface area contributed by atoms with E-state index in [2.05, 4.69) is 4.98 Å². The summed E-state index contributed by atoms with van der Waals surface area (Å²) < 4.78 is 16.1.